The van der Waals surface area contributed by atoms with Crippen LogP contribution in [0.15, 0.2) is 18.2 Å². The summed E-state index contributed by atoms with van der Waals surface area (Å²) < 4.78 is 10.4. The molecule has 0 spiro atoms. The topological polar surface area (TPSA) is 100 Å². The number of hydrogen-bond acceptors (Lipinski definition) is 7. The molecule has 0 amide bonds. The van der Waals surface area contributed by atoms with Gasteiger partial charge in [0.2, 0.25) is 0 Å². The minimum atomic E-state index is -0.830. The van der Waals surface area contributed by atoms with E-state index in [4.69, 9.17) is 9.47 Å². The number of ether oxygens (including phenoxy) is 2. The number of aromatic nitrogens is 2. The van der Waals surface area contributed by atoms with Crippen LogP contribution in [0.4, 0.5) is 5.82 Å². The van der Waals surface area contributed by atoms with Crippen molar-refractivity contribution >= 4 is 5.82 Å². The van der Waals surface area contributed by atoms with Crippen LogP contribution >= 0.6 is 0 Å². The second-order valence-electron chi connectivity index (χ2n) is 5.29. The van der Waals surface area contributed by atoms with Gasteiger partial charge >= 0.3 is 0 Å². The van der Waals surface area contributed by atoms with E-state index >= 15 is 0 Å². The summed E-state index contributed by atoms with van der Waals surface area (Å²) in [5, 5.41) is 30.7. The number of hydrogen-bond donors (Lipinski definition) is 2. The SMILES string of the molecule is COc1cc(OC)cc(C(O)CNc2nnc(C)c(C)c2C#N)c1. The summed E-state index contributed by atoms with van der Waals surface area (Å²) in [7, 11) is 3.10. The van der Waals surface area contributed by atoms with Gasteiger partial charge in [0.1, 0.15) is 23.1 Å². The van der Waals surface area contributed by atoms with Crippen molar-refractivity contribution in [3.63, 3.8) is 0 Å². The van der Waals surface area contributed by atoms with Gasteiger partial charge in [-0.2, -0.15) is 10.4 Å². The molecule has 1 aromatic carbocycles. The third-order valence-electron chi connectivity index (χ3n) is 3.79. The number of rotatable bonds is 6. The molecule has 126 valence electrons. The predicted octanol–water partition coefficient (Wildman–Crippen LogP) is 2.13. The van der Waals surface area contributed by atoms with Gasteiger partial charge in [-0.3, -0.25) is 0 Å². The summed E-state index contributed by atoms with van der Waals surface area (Å²) in [6.07, 6.45) is -0.830. The number of nitrogens with zero attached hydrogens (tertiary/aromatic N) is 3. The van der Waals surface area contributed by atoms with Crippen molar-refractivity contribution in [2.75, 3.05) is 26.1 Å². The molecule has 0 saturated heterocycles. The summed E-state index contributed by atoms with van der Waals surface area (Å²) >= 11 is 0. The Kier molecular flexibility index (Phi) is 5.55. The van der Waals surface area contributed by atoms with E-state index in [9.17, 15) is 10.4 Å². The summed E-state index contributed by atoms with van der Waals surface area (Å²) in [5.41, 5.74) is 2.54. The van der Waals surface area contributed by atoms with E-state index in [1.165, 1.54) is 0 Å². The van der Waals surface area contributed by atoms with Crippen LogP contribution in [0.2, 0.25) is 0 Å². The molecule has 0 bridgehead atoms. The number of aryl methyl sites for hydroxylation is 1. The highest BCUT2D eigenvalue weighted by Gasteiger charge is 2.14. The number of benzene rings is 1. The molecule has 0 aliphatic heterocycles. The Morgan fingerprint density at radius 3 is 2.33 bits per heavy atom. The Balaban J connectivity index is 2.18. The van der Waals surface area contributed by atoms with Crippen LogP contribution in [0.3, 0.4) is 0 Å². The molecule has 1 heterocycles. The van der Waals surface area contributed by atoms with E-state index in [1.807, 2.05) is 6.92 Å². The molecular weight excluding hydrogens is 308 g/mol. The molecule has 0 radical (unpaired) electrons. The largest absolute Gasteiger partial charge is 0.497 e. The highest BCUT2D eigenvalue weighted by atomic mass is 16.5. The van der Waals surface area contributed by atoms with Gasteiger partial charge in [-0.05, 0) is 37.1 Å². The van der Waals surface area contributed by atoms with Gasteiger partial charge in [0, 0.05) is 12.6 Å². The molecule has 0 saturated carbocycles. The van der Waals surface area contributed by atoms with Gasteiger partial charge in [0.05, 0.1) is 26.0 Å². The van der Waals surface area contributed by atoms with Crippen molar-refractivity contribution in [1.82, 2.24) is 10.2 Å². The first kappa shape index (κ1) is 17.5. The molecule has 2 N–H and O–H groups in total. The van der Waals surface area contributed by atoms with Gasteiger partial charge in [-0.1, -0.05) is 0 Å². The maximum Gasteiger partial charge on any atom is 0.167 e. The maximum atomic E-state index is 10.4. The summed E-state index contributed by atoms with van der Waals surface area (Å²) in [5.74, 6) is 1.54. The smallest absolute Gasteiger partial charge is 0.167 e. The maximum absolute atomic E-state index is 10.4. The van der Waals surface area contributed by atoms with Crippen molar-refractivity contribution in [1.29, 1.82) is 5.26 Å². The molecule has 0 fully saturated rings. The lowest BCUT2D eigenvalue weighted by atomic mass is 10.1. The zero-order valence-electron chi connectivity index (χ0n) is 14.1. The Hall–Kier alpha value is -2.85. The van der Waals surface area contributed by atoms with Gasteiger partial charge < -0.3 is 19.9 Å². The zero-order chi connectivity index (χ0) is 17.7. The average molecular weight is 328 g/mol. The molecule has 2 rings (SSSR count). The molecule has 1 aromatic heterocycles. The van der Waals surface area contributed by atoms with Crippen molar-refractivity contribution in [2.45, 2.75) is 20.0 Å². The fourth-order valence-electron chi connectivity index (χ4n) is 2.20. The predicted molar refractivity (Wildman–Crippen MR) is 89.2 cm³/mol. The number of aliphatic hydroxyl groups is 1. The van der Waals surface area contributed by atoms with E-state index < -0.39 is 6.10 Å². The molecular formula is C17H20N4O3. The first-order valence-electron chi connectivity index (χ1n) is 7.39. The van der Waals surface area contributed by atoms with E-state index in [0.717, 1.165) is 5.56 Å². The fourth-order valence-corrected chi connectivity index (χ4v) is 2.20. The van der Waals surface area contributed by atoms with Crippen LogP contribution in [0, 0.1) is 25.2 Å². The summed E-state index contributed by atoms with van der Waals surface area (Å²) in [4.78, 5) is 0. The lowest BCUT2D eigenvalue weighted by Crippen LogP contribution is -2.15. The molecule has 0 aliphatic carbocycles. The van der Waals surface area contributed by atoms with E-state index in [1.54, 1.807) is 39.3 Å². The quantitative estimate of drug-likeness (QED) is 0.837. The second kappa shape index (κ2) is 7.62. The zero-order valence-corrected chi connectivity index (χ0v) is 14.1. The number of aliphatic hydroxyl groups excluding tert-OH is 1. The fraction of sp³-hybridized carbons (Fsp3) is 0.353. The van der Waals surface area contributed by atoms with Crippen molar-refractivity contribution in [3.05, 3.63) is 40.6 Å². The number of nitriles is 1. The Labute approximate surface area is 140 Å². The Morgan fingerprint density at radius 1 is 1.17 bits per heavy atom. The van der Waals surface area contributed by atoms with Gasteiger partial charge in [-0.15, -0.1) is 5.10 Å². The molecule has 2 aromatic rings. The Bertz CT molecular complexity index is 749. The van der Waals surface area contributed by atoms with Crippen LogP contribution < -0.4 is 14.8 Å². The molecule has 7 heteroatoms. The van der Waals surface area contributed by atoms with Crippen LogP contribution in [0.25, 0.3) is 0 Å². The monoisotopic (exact) mass is 328 g/mol. The lowest BCUT2D eigenvalue weighted by molar-refractivity contribution is 0.190. The van der Waals surface area contributed by atoms with Crippen LogP contribution in [0.1, 0.15) is 28.5 Å². The molecule has 7 nitrogen and oxygen atoms in total. The standard InChI is InChI=1S/C17H20N4O3/c1-10-11(2)20-21-17(15(10)8-18)19-9-16(22)12-5-13(23-3)7-14(6-12)24-4/h5-7,16,22H,9H2,1-4H3,(H,19,21). The van der Waals surface area contributed by atoms with E-state index in [-0.39, 0.29) is 6.54 Å². The molecule has 1 atom stereocenters. The van der Waals surface area contributed by atoms with Crippen LogP contribution in [-0.2, 0) is 0 Å². The average Bonchev–Trinajstić information content (AvgIpc) is 2.61. The third kappa shape index (κ3) is 3.73. The molecule has 0 aliphatic rings. The minimum absolute atomic E-state index is 0.169. The highest BCUT2D eigenvalue weighted by Crippen LogP contribution is 2.27. The molecule has 24 heavy (non-hydrogen) atoms. The van der Waals surface area contributed by atoms with Crippen molar-refractivity contribution < 1.29 is 14.6 Å². The minimum Gasteiger partial charge on any atom is -0.497 e. The first-order chi connectivity index (χ1) is 11.5. The summed E-state index contributed by atoms with van der Waals surface area (Å²) in [6, 6.07) is 7.30. The normalized spacial score (nSPS) is 11.5. The van der Waals surface area contributed by atoms with E-state index in [2.05, 4.69) is 21.6 Å². The molecule has 1 unspecified atom stereocenters. The number of anilines is 1. The summed E-state index contributed by atoms with van der Waals surface area (Å²) in [6.45, 7) is 3.78. The van der Waals surface area contributed by atoms with Crippen LogP contribution in [-0.4, -0.2) is 36.1 Å². The second-order valence-corrected chi connectivity index (χ2v) is 5.29. The Morgan fingerprint density at radius 2 is 1.79 bits per heavy atom. The third-order valence-corrected chi connectivity index (χ3v) is 3.79. The van der Waals surface area contributed by atoms with Gasteiger partial charge in [0.15, 0.2) is 5.82 Å². The lowest BCUT2D eigenvalue weighted by Gasteiger charge is -2.16. The first-order valence-corrected chi connectivity index (χ1v) is 7.39. The van der Waals surface area contributed by atoms with Crippen molar-refractivity contribution in [2.24, 2.45) is 0 Å². The van der Waals surface area contributed by atoms with E-state index in [0.29, 0.717) is 34.1 Å². The van der Waals surface area contributed by atoms with Gasteiger partial charge in [0.25, 0.3) is 0 Å². The van der Waals surface area contributed by atoms with Crippen molar-refractivity contribution in [3.8, 4) is 17.6 Å². The highest BCUT2D eigenvalue weighted by molar-refractivity contribution is 5.56. The van der Waals surface area contributed by atoms with Crippen LogP contribution in [0.5, 0.6) is 11.5 Å². The van der Waals surface area contributed by atoms with Gasteiger partial charge in [-0.25, -0.2) is 0 Å². The number of methoxy groups -OCH3 is 2. The number of nitrogens with one attached hydrogen (secondary N) is 1.